The molecule has 0 unspecified atom stereocenters. The quantitative estimate of drug-likeness (QED) is 0.134. The molecule has 0 saturated heterocycles. The lowest BCUT2D eigenvalue weighted by molar-refractivity contribution is -0.145. The molecule has 0 heterocycles. The summed E-state index contributed by atoms with van der Waals surface area (Å²) in [4.78, 5) is 52.9. The van der Waals surface area contributed by atoms with Gasteiger partial charge in [0.15, 0.2) is 0 Å². The molecular weight excluding hydrogens is 944 g/mol. The van der Waals surface area contributed by atoms with Gasteiger partial charge < -0.3 is 35.6 Å². The number of phenolic OH excluding ortho intramolecular Hbond substituents is 2. The van der Waals surface area contributed by atoms with Crippen LogP contribution in [0.3, 0.4) is 0 Å². The van der Waals surface area contributed by atoms with Gasteiger partial charge in [-0.05, 0) is 139 Å². The van der Waals surface area contributed by atoms with E-state index in [0.29, 0.717) is 33.6 Å². The lowest BCUT2D eigenvalue weighted by Gasteiger charge is -2.28. The van der Waals surface area contributed by atoms with E-state index in [1.165, 1.54) is 7.11 Å². The molecular formula is C30H37Br2I2N3O8. The fourth-order valence-electron chi connectivity index (χ4n) is 4.16. The van der Waals surface area contributed by atoms with Crippen LogP contribution in [-0.2, 0) is 36.7 Å². The number of methoxy groups -OCH3 is 1. The summed E-state index contributed by atoms with van der Waals surface area (Å²) in [6.07, 6.45) is -0.218. The first-order chi connectivity index (χ1) is 20.9. The molecule has 0 aromatic heterocycles. The summed E-state index contributed by atoms with van der Waals surface area (Å²) in [5, 5.41) is 28.4. The second-order valence-corrected chi connectivity index (χ2v) is 15.4. The summed E-state index contributed by atoms with van der Waals surface area (Å²) in [6.45, 7) is 8.73. The Kier molecular flexibility index (Phi) is 15.1. The highest BCUT2D eigenvalue weighted by atomic mass is 127. The molecule has 4 atom stereocenters. The van der Waals surface area contributed by atoms with Gasteiger partial charge in [0.1, 0.15) is 35.2 Å². The Hall–Kier alpha value is -1.86. The Morgan fingerprint density at radius 3 is 1.84 bits per heavy atom. The number of nitrogens with one attached hydrogen (secondary N) is 3. The first-order valence-electron chi connectivity index (χ1n) is 13.9. The van der Waals surface area contributed by atoms with Crippen LogP contribution in [0.4, 0.5) is 4.79 Å². The molecule has 0 spiro atoms. The van der Waals surface area contributed by atoms with Gasteiger partial charge in [0, 0.05) is 12.8 Å². The number of ether oxygens (including phenoxy) is 2. The summed E-state index contributed by atoms with van der Waals surface area (Å²) in [5.41, 5.74) is 0.463. The fraction of sp³-hybridized carbons (Fsp3) is 0.467. The zero-order valence-corrected chi connectivity index (χ0v) is 33.1. The van der Waals surface area contributed by atoms with Crippen molar-refractivity contribution in [1.29, 1.82) is 0 Å². The third kappa shape index (κ3) is 12.0. The smallest absolute Gasteiger partial charge is 0.408 e. The average molecular weight is 981 g/mol. The molecule has 0 fully saturated rings. The van der Waals surface area contributed by atoms with Gasteiger partial charge in [-0.1, -0.05) is 20.3 Å². The fourth-order valence-corrected chi connectivity index (χ4v) is 7.33. The highest BCUT2D eigenvalue weighted by molar-refractivity contribution is 14.1. The maximum atomic E-state index is 13.8. The summed E-state index contributed by atoms with van der Waals surface area (Å²) < 4.78 is 12.3. The van der Waals surface area contributed by atoms with E-state index in [1.807, 2.05) is 52.1 Å². The van der Waals surface area contributed by atoms with Crippen LogP contribution in [0.5, 0.6) is 11.5 Å². The van der Waals surface area contributed by atoms with Gasteiger partial charge in [0.2, 0.25) is 11.8 Å². The molecule has 248 valence electrons. The van der Waals surface area contributed by atoms with Crippen LogP contribution < -0.4 is 16.0 Å². The third-order valence-corrected chi connectivity index (χ3v) is 9.49. The van der Waals surface area contributed by atoms with Crippen molar-refractivity contribution in [3.63, 3.8) is 0 Å². The Labute approximate surface area is 306 Å². The van der Waals surface area contributed by atoms with Crippen LogP contribution in [0.25, 0.3) is 0 Å². The molecule has 0 aliphatic heterocycles. The maximum absolute atomic E-state index is 13.8. The number of carbonyl (C=O) groups is 4. The SMILES string of the molecule is CC[C@H](C)[C@H](NC(=O)[C@H](Cc1cc(I)c(O)c(I)c1)NC(=O)OC(C)(C)C)C(=O)N[C@@H](Cc1cc(Br)c(O)c(Br)c1)C(=O)OC. The number of aromatic hydroxyl groups is 2. The topological polar surface area (TPSA) is 163 Å². The lowest BCUT2D eigenvalue weighted by Crippen LogP contribution is -2.58. The van der Waals surface area contributed by atoms with Gasteiger partial charge in [-0.15, -0.1) is 0 Å². The molecule has 0 aliphatic rings. The molecule has 2 aromatic rings. The molecule has 0 saturated carbocycles. The second kappa shape index (κ2) is 17.3. The van der Waals surface area contributed by atoms with E-state index in [4.69, 9.17) is 9.47 Å². The van der Waals surface area contributed by atoms with Gasteiger partial charge in [-0.3, -0.25) is 9.59 Å². The third-order valence-electron chi connectivity index (χ3n) is 6.64. The average Bonchev–Trinajstić information content (AvgIpc) is 2.94. The molecule has 5 N–H and O–H groups in total. The van der Waals surface area contributed by atoms with Gasteiger partial charge in [-0.2, -0.15) is 0 Å². The van der Waals surface area contributed by atoms with Crippen molar-refractivity contribution in [3.8, 4) is 11.5 Å². The van der Waals surface area contributed by atoms with E-state index >= 15 is 0 Å². The van der Waals surface area contributed by atoms with E-state index in [2.05, 4.69) is 47.8 Å². The van der Waals surface area contributed by atoms with Gasteiger partial charge in [0.25, 0.3) is 0 Å². The highest BCUT2D eigenvalue weighted by Crippen LogP contribution is 2.34. The number of halogens is 4. The molecule has 0 bridgehead atoms. The zero-order valence-electron chi connectivity index (χ0n) is 25.6. The first kappa shape index (κ1) is 39.3. The number of esters is 1. The van der Waals surface area contributed by atoms with E-state index in [-0.39, 0.29) is 30.3 Å². The number of alkyl carbamates (subject to hydrolysis) is 1. The van der Waals surface area contributed by atoms with Crippen LogP contribution in [-0.4, -0.2) is 64.9 Å². The number of rotatable bonds is 12. The van der Waals surface area contributed by atoms with Crippen molar-refractivity contribution in [2.45, 2.75) is 77.6 Å². The van der Waals surface area contributed by atoms with Crippen molar-refractivity contribution in [2.75, 3.05) is 7.11 Å². The monoisotopic (exact) mass is 979 g/mol. The van der Waals surface area contributed by atoms with Crippen LogP contribution in [0.2, 0.25) is 0 Å². The number of phenols is 2. The van der Waals surface area contributed by atoms with Gasteiger partial charge in [-0.25, -0.2) is 9.59 Å². The standard InChI is InChI=1S/C30H37Br2I2N3O8/c1-7-14(2)23(27(41)35-22(28(42)44-6)13-15-8-17(31)24(38)18(32)9-15)37-26(40)21(36-29(43)45-30(3,4)5)12-16-10-19(33)25(39)20(34)11-16/h8-11,14,21-23,38-39H,7,12-13H2,1-6H3,(H,35,41)(H,36,43)(H,37,40)/t14-,21-,22-,23-/m0/s1. The van der Waals surface area contributed by atoms with Gasteiger partial charge >= 0.3 is 12.1 Å². The predicted molar refractivity (Wildman–Crippen MR) is 193 cm³/mol. The van der Waals surface area contributed by atoms with Crippen LogP contribution in [0.1, 0.15) is 52.2 Å². The van der Waals surface area contributed by atoms with E-state index in [9.17, 15) is 29.4 Å². The van der Waals surface area contributed by atoms with Crippen molar-refractivity contribution < 1.29 is 38.9 Å². The number of hydrogen-bond donors (Lipinski definition) is 5. The number of hydrogen-bond acceptors (Lipinski definition) is 8. The molecule has 11 nitrogen and oxygen atoms in total. The van der Waals surface area contributed by atoms with Crippen molar-refractivity contribution in [1.82, 2.24) is 16.0 Å². The minimum Gasteiger partial charge on any atom is -0.506 e. The normalized spacial score (nSPS) is 14.0. The molecule has 15 heteroatoms. The van der Waals surface area contributed by atoms with Crippen LogP contribution in [0, 0.1) is 13.1 Å². The van der Waals surface area contributed by atoms with Crippen molar-refractivity contribution >= 4 is 101 Å². The largest absolute Gasteiger partial charge is 0.506 e. The Balaban J connectivity index is 2.37. The molecule has 0 radical (unpaired) electrons. The lowest BCUT2D eigenvalue weighted by atomic mass is 9.96. The van der Waals surface area contributed by atoms with E-state index in [1.54, 1.807) is 52.0 Å². The predicted octanol–water partition coefficient (Wildman–Crippen LogP) is 5.70. The Bertz CT molecular complexity index is 1370. The Morgan fingerprint density at radius 1 is 0.844 bits per heavy atom. The van der Waals surface area contributed by atoms with Crippen LogP contribution >= 0.6 is 77.0 Å². The maximum Gasteiger partial charge on any atom is 0.408 e. The van der Waals surface area contributed by atoms with E-state index in [0.717, 1.165) is 0 Å². The first-order valence-corrected chi connectivity index (χ1v) is 17.6. The molecule has 2 aromatic carbocycles. The van der Waals surface area contributed by atoms with E-state index < -0.39 is 47.6 Å². The highest BCUT2D eigenvalue weighted by Gasteiger charge is 2.33. The Morgan fingerprint density at radius 2 is 1.36 bits per heavy atom. The zero-order chi connectivity index (χ0) is 34.2. The van der Waals surface area contributed by atoms with Crippen molar-refractivity contribution in [2.24, 2.45) is 5.92 Å². The number of amides is 3. The summed E-state index contributed by atoms with van der Waals surface area (Å²) in [6, 6.07) is 3.33. The molecule has 3 amide bonds. The van der Waals surface area contributed by atoms with Crippen LogP contribution in [0.15, 0.2) is 33.2 Å². The number of benzene rings is 2. The second-order valence-electron chi connectivity index (χ2n) is 11.4. The molecule has 2 rings (SSSR count). The van der Waals surface area contributed by atoms with Gasteiger partial charge in [0.05, 0.1) is 23.2 Å². The minimum atomic E-state index is -1.14. The summed E-state index contributed by atoms with van der Waals surface area (Å²) in [7, 11) is 1.21. The minimum absolute atomic E-state index is 0.0109. The summed E-state index contributed by atoms with van der Waals surface area (Å²) >= 11 is 10.5. The molecule has 0 aliphatic carbocycles. The summed E-state index contributed by atoms with van der Waals surface area (Å²) in [5.74, 6) is -2.21. The number of carbonyl (C=O) groups excluding carboxylic acids is 4. The van der Waals surface area contributed by atoms with Crippen molar-refractivity contribution in [3.05, 3.63) is 51.5 Å². The molecule has 45 heavy (non-hydrogen) atoms.